The van der Waals surface area contributed by atoms with Crippen molar-refractivity contribution in [3.63, 3.8) is 0 Å². The fourth-order valence-corrected chi connectivity index (χ4v) is 1.79. The van der Waals surface area contributed by atoms with E-state index in [0.717, 1.165) is 17.7 Å². The van der Waals surface area contributed by atoms with E-state index in [1.807, 2.05) is 6.07 Å². The highest BCUT2D eigenvalue weighted by Crippen LogP contribution is 2.35. The Morgan fingerprint density at radius 1 is 1.35 bits per heavy atom. The molecule has 0 radical (unpaired) electrons. The van der Waals surface area contributed by atoms with Crippen LogP contribution in [-0.2, 0) is 6.42 Å². The summed E-state index contributed by atoms with van der Waals surface area (Å²) < 4.78 is 5.38. The van der Waals surface area contributed by atoms with Crippen LogP contribution in [0.5, 0.6) is 5.75 Å². The number of hydrogen-bond acceptors (Lipinski definition) is 3. The SMILES string of the molecule is CCc1ccc(OC)c(C(N)C(C)(C)CN)c1. The molecule has 0 spiro atoms. The molecule has 1 aromatic carbocycles. The molecule has 0 fully saturated rings. The molecule has 3 nitrogen and oxygen atoms in total. The fourth-order valence-electron chi connectivity index (χ4n) is 1.79. The van der Waals surface area contributed by atoms with Gasteiger partial charge in [0.15, 0.2) is 0 Å². The smallest absolute Gasteiger partial charge is 0.123 e. The van der Waals surface area contributed by atoms with E-state index >= 15 is 0 Å². The van der Waals surface area contributed by atoms with Gasteiger partial charge in [0.2, 0.25) is 0 Å². The summed E-state index contributed by atoms with van der Waals surface area (Å²) in [5, 5.41) is 0. The maximum Gasteiger partial charge on any atom is 0.123 e. The lowest BCUT2D eigenvalue weighted by atomic mass is 9.80. The number of hydrogen-bond donors (Lipinski definition) is 2. The monoisotopic (exact) mass is 236 g/mol. The predicted octanol–water partition coefficient (Wildman–Crippen LogP) is 2.24. The predicted molar refractivity (Wildman–Crippen MR) is 72.1 cm³/mol. The second kappa shape index (κ2) is 5.52. The third-order valence-electron chi connectivity index (χ3n) is 3.41. The average molecular weight is 236 g/mol. The Morgan fingerprint density at radius 2 is 2.00 bits per heavy atom. The highest BCUT2D eigenvalue weighted by Gasteiger charge is 2.28. The van der Waals surface area contributed by atoms with E-state index in [1.165, 1.54) is 5.56 Å². The van der Waals surface area contributed by atoms with Crippen molar-refractivity contribution in [3.8, 4) is 5.75 Å². The number of nitrogens with two attached hydrogens (primary N) is 2. The van der Waals surface area contributed by atoms with Crippen LogP contribution in [0.1, 0.15) is 37.9 Å². The van der Waals surface area contributed by atoms with Gasteiger partial charge in [0.05, 0.1) is 7.11 Å². The van der Waals surface area contributed by atoms with Crippen molar-refractivity contribution in [1.82, 2.24) is 0 Å². The first-order valence-corrected chi connectivity index (χ1v) is 6.08. The van der Waals surface area contributed by atoms with Gasteiger partial charge in [-0.1, -0.05) is 32.9 Å². The van der Waals surface area contributed by atoms with Crippen molar-refractivity contribution < 1.29 is 4.74 Å². The van der Waals surface area contributed by atoms with Crippen LogP contribution < -0.4 is 16.2 Å². The minimum absolute atomic E-state index is 0.117. The lowest BCUT2D eigenvalue weighted by Crippen LogP contribution is -2.36. The summed E-state index contributed by atoms with van der Waals surface area (Å²) in [6, 6.07) is 6.07. The number of rotatable bonds is 5. The molecule has 0 saturated carbocycles. The van der Waals surface area contributed by atoms with Gasteiger partial charge in [0.1, 0.15) is 5.75 Å². The van der Waals surface area contributed by atoms with E-state index < -0.39 is 0 Å². The minimum Gasteiger partial charge on any atom is -0.496 e. The summed E-state index contributed by atoms with van der Waals surface area (Å²) in [6.07, 6.45) is 0.993. The first-order chi connectivity index (χ1) is 7.96. The Kier molecular flexibility index (Phi) is 4.54. The van der Waals surface area contributed by atoms with Gasteiger partial charge in [-0.3, -0.25) is 0 Å². The zero-order valence-corrected chi connectivity index (χ0v) is 11.3. The fraction of sp³-hybridized carbons (Fsp3) is 0.571. The molecule has 4 N–H and O–H groups in total. The van der Waals surface area contributed by atoms with Crippen molar-refractivity contribution in [3.05, 3.63) is 29.3 Å². The van der Waals surface area contributed by atoms with Crippen LogP contribution in [0, 0.1) is 5.41 Å². The summed E-state index contributed by atoms with van der Waals surface area (Å²) in [4.78, 5) is 0. The van der Waals surface area contributed by atoms with E-state index in [4.69, 9.17) is 16.2 Å². The van der Waals surface area contributed by atoms with E-state index in [0.29, 0.717) is 6.54 Å². The molecule has 0 bridgehead atoms. The van der Waals surface area contributed by atoms with Crippen LogP contribution in [0.25, 0.3) is 0 Å². The molecule has 0 aliphatic rings. The molecule has 1 atom stereocenters. The molecule has 0 aliphatic heterocycles. The highest BCUT2D eigenvalue weighted by molar-refractivity contribution is 5.40. The minimum atomic E-state index is -0.139. The van der Waals surface area contributed by atoms with Crippen molar-refractivity contribution in [1.29, 1.82) is 0 Å². The summed E-state index contributed by atoms with van der Waals surface area (Å²) >= 11 is 0. The standard InChI is InChI=1S/C14H24N2O/c1-5-10-6-7-12(17-4)11(8-10)13(16)14(2,3)9-15/h6-8,13H,5,9,15-16H2,1-4H3. The number of benzene rings is 1. The Hall–Kier alpha value is -1.06. The first-order valence-electron chi connectivity index (χ1n) is 6.08. The zero-order valence-electron chi connectivity index (χ0n) is 11.3. The molecule has 1 aromatic rings. The Bertz CT molecular complexity index is 374. The maximum absolute atomic E-state index is 6.32. The lowest BCUT2D eigenvalue weighted by Gasteiger charge is -2.31. The number of ether oxygens (including phenoxy) is 1. The summed E-state index contributed by atoms with van der Waals surface area (Å²) in [5.74, 6) is 0.844. The van der Waals surface area contributed by atoms with Gasteiger partial charge in [0, 0.05) is 11.6 Å². The number of aryl methyl sites for hydroxylation is 1. The molecule has 0 aliphatic carbocycles. The molecular weight excluding hydrogens is 212 g/mol. The largest absolute Gasteiger partial charge is 0.496 e. The van der Waals surface area contributed by atoms with Crippen LogP contribution >= 0.6 is 0 Å². The van der Waals surface area contributed by atoms with Gasteiger partial charge in [0.25, 0.3) is 0 Å². The van der Waals surface area contributed by atoms with Crippen LogP contribution in [0.2, 0.25) is 0 Å². The maximum atomic E-state index is 6.32. The highest BCUT2D eigenvalue weighted by atomic mass is 16.5. The van der Waals surface area contributed by atoms with Gasteiger partial charge < -0.3 is 16.2 Å². The summed E-state index contributed by atoms with van der Waals surface area (Å²) in [7, 11) is 1.67. The van der Waals surface area contributed by atoms with Crippen LogP contribution in [0.4, 0.5) is 0 Å². The van der Waals surface area contributed by atoms with Crippen molar-refractivity contribution >= 4 is 0 Å². The Morgan fingerprint density at radius 3 is 2.47 bits per heavy atom. The van der Waals surface area contributed by atoms with Gasteiger partial charge in [-0.05, 0) is 30.0 Å². The van der Waals surface area contributed by atoms with Crippen LogP contribution in [-0.4, -0.2) is 13.7 Å². The molecule has 1 unspecified atom stereocenters. The average Bonchev–Trinajstić information content (AvgIpc) is 2.36. The molecule has 96 valence electrons. The third kappa shape index (κ3) is 2.99. The number of methoxy groups -OCH3 is 1. The lowest BCUT2D eigenvalue weighted by molar-refractivity contribution is 0.292. The first kappa shape index (κ1) is 14.0. The van der Waals surface area contributed by atoms with E-state index in [1.54, 1.807) is 7.11 Å². The van der Waals surface area contributed by atoms with Gasteiger partial charge >= 0.3 is 0 Å². The molecule has 0 amide bonds. The zero-order chi connectivity index (χ0) is 13.1. The summed E-state index contributed by atoms with van der Waals surface area (Å²) in [6.45, 7) is 6.84. The Labute approximate surface area is 104 Å². The van der Waals surface area contributed by atoms with Gasteiger partial charge in [-0.25, -0.2) is 0 Å². The van der Waals surface area contributed by atoms with Crippen LogP contribution in [0.3, 0.4) is 0 Å². The molecule has 17 heavy (non-hydrogen) atoms. The van der Waals surface area contributed by atoms with Crippen LogP contribution in [0.15, 0.2) is 18.2 Å². The van der Waals surface area contributed by atoms with Crippen molar-refractivity contribution in [2.75, 3.05) is 13.7 Å². The van der Waals surface area contributed by atoms with Gasteiger partial charge in [-0.15, -0.1) is 0 Å². The van der Waals surface area contributed by atoms with E-state index in [2.05, 4.69) is 32.9 Å². The molecule has 0 aromatic heterocycles. The topological polar surface area (TPSA) is 61.3 Å². The second-order valence-corrected chi connectivity index (χ2v) is 5.10. The second-order valence-electron chi connectivity index (χ2n) is 5.10. The molecule has 1 rings (SSSR count). The Balaban J connectivity index is 3.18. The third-order valence-corrected chi connectivity index (χ3v) is 3.41. The molecule has 3 heteroatoms. The molecule has 0 heterocycles. The van der Waals surface area contributed by atoms with E-state index in [9.17, 15) is 0 Å². The van der Waals surface area contributed by atoms with E-state index in [-0.39, 0.29) is 11.5 Å². The quantitative estimate of drug-likeness (QED) is 0.824. The molecular formula is C14H24N2O. The molecule has 0 saturated heterocycles. The normalized spacial score (nSPS) is 13.5. The van der Waals surface area contributed by atoms with Gasteiger partial charge in [-0.2, -0.15) is 0 Å². The van der Waals surface area contributed by atoms with Crippen molar-refractivity contribution in [2.45, 2.75) is 33.2 Å². The van der Waals surface area contributed by atoms with Crippen molar-refractivity contribution in [2.24, 2.45) is 16.9 Å². The summed E-state index contributed by atoms with van der Waals surface area (Å²) in [5.41, 5.74) is 14.3.